The van der Waals surface area contributed by atoms with E-state index in [9.17, 15) is 9.59 Å². The minimum atomic E-state index is -0.0842. The molecule has 1 aromatic rings. The Labute approximate surface area is 180 Å². The zero-order valence-corrected chi connectivity index (χ0v) is 18.6. The van der Waals surface area contributed by atoms with Gasteiger partial charge in [-0.25, -0.2) is 0 Å². The Balaban J connectivity index is 1.41. The molecule has 4 atom stereocenters. The van der Waals surface area contributed by atoms with Crippen molar-refractivity contribution in [2.45, 2.75) is 39.2 Å². The van der Waals surface area contributed by atoms with Crippen LogP contribution < -0.4 is 20.4 Å². The number of morpholine rings is 1. The van der Waals surface area contributed by atoms with Crippen molar-refractivity contribution in [3.8, 4) is 0 Å². The third-order valence-electron chi connectivity index (χ3n) is 6.51. The lowest BCUT2D eigenvalue weighted by molar-refractivity contribution is -0.862. The average Bonchev–Trinajstić information content (AvgIpc) is 2.72. The molecule has 30 heavy (non-hydrogen) atoms. The van der Waals surface area contributed by atoms with E-state index in [2.05, 4.69) is 29.4 Å². The minimum absolute atomic E-state index is 0.0288. The summed E-state index contributed by atoms with van der Waals surface area (Å²) in [5.74, 6) is 1.10. The number of hydrogen-bond acceptors (Lipinski definition) is 4. The van der Waals surface area contributed by atoms with Crippen LogP contribution in [0.1, 0.15) is 33.1 Å². The third kappa shape index (κ3) is 6.44. The molecule has 2 aliphatic rings. The second kappa shape index (κ2) is 10.8. The number of anilines is 2. The van der Waals surface area contributed by atoms with Gasteiger partial charge < -0.3 is 25.2 Å². The molecule has 3 N–H and O–H groups in total. The van der Waals surface area contributed by atoms with Crippen molar-refractivity contribution in [1.82, 2.24) is 5.32 Å². The van der Waals surface area contributed by atoms with E-state index in [0.717, 1.165) is 49.0 Å². The van der Waals surface area contributed by atoms with Gasteiger partial charge in [0.25, 0.3) is 11.8 Å². The minimum Gasteiger partial charge on any atom is -0.378 e. The highest BCUT2D eigenvalue weighted by atomic mass is 16.5. The van der Waals surface area contributed by atoms with E-state index in [0.29, 0.717) is 18.4 Å². The molecule has 2 fully saturated rings. The van der Waals surface area contributed by atoms with Crippen LogP contribution in [-0.2, 0) is 14.3 Å². The molecule has 1 unspecified atom stereocenters. The Bertz CT molecular complexity index is 703. The number of carbonyl (C=O) groups excluding carboxylic acids is 2. The number of benzene rings is 1. The molecular formula is C23H37N4O3+. The molecule has 0 aromatic heterocycles. The van der Waals surface area contributed by atoms with Gasteiger partial charge in [-0.15, -0.1) is 0 Å². The molecule has 166 valence electrons. The van der Waals surface area contributed by atoms with E-state index in [1.54, 1.807) is 0 Å². The molecule has 0 bridgehead atoms. The summed E-state index contributed by atoms with van der Waals surface area (Å²) in [4.78, 5) is 28.0. The van der Waals surface area contributed by atoms with Gasteiger partial charge in [0.05, 0.1) is 20.3 Å². The van der Waals surface area contributed by atoms with Crippen molar-refractivity contribution in [2.24, 2.45) is 11.8 Å². The van der Waals surface area contributed by atoms with Gasteiger partial charge in [-0.3, -0.25) is 9.59 Å². The summed E-state index contributed by atoms with van der Waals surface area (Å²) >= 11 is 0. The van der Waals surface area contributed by atoms with Crippen LogP contribution in [0.2, 0.25) is 0 Å². The first-order valence-electron chi connectivity index (χ1n) is 11.3. The van der Waals surface area contributed by atoms with Gasteiger partial charge in [0.15, 0.2) is 13.1 Å². The van der Waals surface area contributed by atoms with Crippen LogP contribution >= 0.6 is 0 Å². The van der Waals surface area contributed by atoms with Gasteiger partial charge in [-0.05, 0) is 42.5 Å². The molecule has 1 saturated heterocycles. The smallest absolute Gasteiger partial charge is 0.279 e. The number of nitrogens with one attached hydrogen (secondary N) is 3. The van der Waals surface area contributed by atoms with E-state index < -0.39 is 0 Å². The molecule has 1 heterocycles. The van der Waals surface area contributed by atoms with Crippen LogP contribution in [0.4, 0.5) is 11.4 Å². The summed E-state index contributed by atoms with van der Waals surface area (Å²) in [7, 11) is 1.88. The number of hydrogen-bond donors (Lipinski definition) is 3. The summed E-state index contributed by atoms with van der Waals surface area (Å²) < 4.78 is 5.38. The van der Waals surface area contributed by atoms with Crippen LogP contribution in [-0.4, -0.2) is 64.3 Å². The standard InChI is InChI=1S/C23H36N4O3/c1-17-5-4-6-21(18(17)2)25-23(29)16-26(3)15-22(28)24-19-7-9-20(10-8-19)27-11-13-30-14-12-27/h7-10,17-18,21H,4-6,11-16H2,1-3H3,(H,24,28)(H,25,29)/p+1/t17-,18-,21+/m1/s1. The number of rotatable bonds is 7. The topological polar surface area (TPSA) is 75.1 Å². The highest BCUT2D eigenvalue weighted by Gasteiger charge is 2.28. The predicted molar refractivity (Wildman–Crippen MR) is 119 cm³/mol. The highest BCUT2D eigenvalue weighted by Crippen LogP contribution is 2.29. The first kappa shape index (κ1) is 22.6. The van der Waals surface area contributed by atoms with Crippen molar-refractivity contribution < 1.29 is 19.2 Å². The molecule has 1 aliphatic heterocycles. The number of likely N-dealkylation sites (N-methyl/N-ethyl adjacent to an activating group) is 1. The van der Waals surface area contributed by atoms with Crippen molar-refractivity contribution in [2.75, 3.05) is 56.7 Å². The maximum Gasteiger partial charge on any atom is 0.279 e. The molecule has 1 aromatic carbocycles. The van der Waals surface area contributed by atoms with Crippen molar-refractivity contribution in [3.05, 3.63) is 24.3 Å². The molecule has 0 spiro atoms. The SMILES string of the molecule is C[C@@H]1[C@H](C)CCC[C@@H]1NC(=O)C[NH+](C)CC(=O)Nc1ccc(N2CCOCC2)cc1. The molecule has 0 radical (unpaired) electrons. The molecule has 1 saturated carbocycles. The first-order chi connectivity index (χ1) is 14.4. The molecule has 1 aliphatic carbocycles. The zero-order valence-electron chi connectivity index (χ0n) is 18.6. The fraction of sp³-hybridized carbons (Fsp3) is 0.652. The molecule has 7 heteroatoms. The van der Waals surface area contributed by atoms with E-state index in [-0.39, 0.29) is 24.4 Å². The largest absolute Gasteiger partial charge is 0.378 e. The first-order valence-corrected chi connectivity index (χ1v) is 11.3. The lowest BCUT2D eigenvalue weighted by atomic mass is 9.78. The summed E-state index contributed by atoms with van der Waals surface area (Å²) in [5, 5.41) is 6.12. The van der Waals surface area contributed by atoms with Gasteiger partial charge in [-0.2, -0.15) is 0 Å². The molecule has 7 nitrogen and oxygen atoms in total. The monoisotopic (exact) mass is 417 g/mol. The molecule has 2 amide bonds. The number of ether oxygens (including phenoxy) is 1. The van der Waals surface area contributed by atoms with Crippen molar-refractivity contribution in [3.63, 3.8) is 0 Å². The van der Waals surface area contributed by atoms with Crippen LogP contribution in [0.15, 0.2) is 24.3 Å². The quantitative estimate of drug-likeness (QED) is 0.617. The van der Waals surface area contributed by atoms with Gasteiger partial charge >= 0.3 is 0 Å². The maximum absolute atomic E-state index is 12.4. The van der Waals surface area contributed by atoms with Crippen LogP contribution in [0.25, 0.3) is 0 Å². The van der Waals surface area contributed by atoms with Gasteiger partial charge in [0.2, 0.25) is 0 Å². The van der Waals surface area contributed by atoms with Gasteiger partial charge in [0.1, 0.15) is 0 Å². The Morgan fingerprint density at radius 2 is 1.73 bits per heavy atom. The fourth-order valence-electron chi connectivity index (χ4n) is 4.44. The number of amides is 2. The van der Waals surface area contributed by atoms with Gasteiger partial charge in [-0.1, -0.05) is 26.7 Å². The summed E-state index contributed by atoms with van der Waals surface area (Å²) in [5.41, 5.74) is 1.92. The van der Waals surface area contributed by atoms with E-state index in [4.69, 9.17) is 4.74 Å². The second-order valence-corrected chi connectivity index (χ2v) is 8.95. The van der Waals surface area contributed by atoms with Crippen LogP contribution in [0.5, 0.6) is 0 Å². The lowest BCUT2D eigenvalue weighted by Gasteiger charge is -2.34. The third-order valence-corrected chi connectivity index (χ3v) is 6.51. The van der Waals surface area contributed by atoms with Gasteiger partial charge in [0, 0.05) is 30.5 Å². The predicted octanol–water partition coefficient (Wildman–Crippen LogP) is 0.917. The Morgan fingerprint density at radius 3 is 2.43 bits per heavy atom. The normalized spacial score (nSPS) is 25.4. The number of quaternary nitrogens is 1. The van der Waals surface area contributed by atoms with Crippen LogP contribution in [0, 0.1) is 11.8 Å². The fourth-order valence-corrected chi connectivity index (χ4v) is 4.44. The Hall–Kier alpha value is -2.12. The van der Waals surface area contributed by atoms with E-state index in [1.807, 2.05) is 31.3 Å². The summed E-state index contributed by atoms with van der Waals surface area (Å²) in [6, 6.07) is 8.16. The Morgan fingerprint density at radius 1 is 1.07 bits per heavy atom. The lowest BCUT2D eigenvalue weighted by Crippen LogP contribution is -3.11. The van der Waals surface area contributed by atoms with E-state index >= 15 is 0 Å². The van der Waals surface area contributed by atoms with Crippen molar-refractivity contribution in [1.29, 1.82) is 0 Å². The Kier molecular flexibility index (Phi) is 8.10. The number of nitrogens with zero attached hydrogens (tertiary/aromatic N) is 1. The zero-order chi connectivity index (χ0) is 21.5. The van der Waals surface area contributed by atoms with E-state index in [1.165, 1.54) is 12.8 Å². The molecular weight excluding hydrogens is 380 g/mol. The molecule has 3 rings (SSSR count). The highest BCUT2D eigenvalue weighted by molar-refractivity contribution is 5.91. The summed E-state index contributed by atoms with van der Waals surface area (Å²) in [6.45, 7) is 8.33. The average molecular weight is 418 g/mol. The second-order valence-electron chi connectivity index (χ2n) is 8.95. The maximum atomic E-state index is 12.4. The number of carbonyl (C=O) groups is 2. The van der Waals surface area contributed by atoms with Crippen LogP contribution in [0.3, 0.4) is 0 Å². The van der Waals surface area contributed by atoms with Crippen molar-refractivity contribution >= 4 is 23.2 Å². The summed E-state index contributed by atoms with van der Waals surface area (Å²) in [6.07, 6.45) is 3.47.